The number of hydrogen-bond acceptors (Lipinski definition) is 3. The van der Waals surface area contributed by atoms with Gasteiger partial charge in [0.05, 0.1) is 5.69 Å². The van der Waals surface area contributed by atoms with Crippen LogP contribution in [0.3, 0.4) is 0 Å². The quantitative estimate of drug-likeness (QED) is 0.595. The van der Waals surface area contributed by atoms with Crippen molar-refractivity contribution in [3.63, 3.8) is 0 Å². The van der Waals surface area contributed by atoms with E-state index < -0.39 is 0 Å². The first kappa shape index (κ1) is 13.1. The smallest absolute Gasteiger partial charge is 0.193 e. The predicted octanol–water partition coefficient (Wildman–Crippen LogP) is 4.63. The molecule has 0 radical (unpaired) electrons. The number of nitrogens with zero attached hydrogens (tertiary/aromatic N) is 2. The molecule has 1 aromatic carbocycles. The highest BCUT2D eigenvalue weighted by Crippen LogP contribution is 2.25. The van der Waals surface area contributed by atoms with Crippen LogP contribution in [0.1, 0.15) is 11.3 Å². The van der Waals surface area contributed by atoms with E-state index in [9.17, 15) is 0 Å². The number of ether oxygens (including phenoxy) is 1. The average molecular weight is 402 g/mol. The van der Waals surface area contributed by atoms with Crippen LogP contribution in [-0.2, 0) is 11.9 Å². The largest absolute Gasteiger partial charge is 0.487 e. The molecule has 0 N–H and O–H groups in total. The highest BCUT2D eigenvalue weighted by molar-refractivity contribution is 9.10. The molecule has 3 nitrogen and oxygen atoms in total. The van der Waals surface area contributed by atoms with Gasteiger partial charge in [-0.3, -0.25) is 4.40 Å². The highest BCUT2D eigenvalue weighted by atomic mass is 79.9. The molecule has 0 saturated carbocycles. The molecule has 0 aliphatic rings. The SMILES string of the molecule is BrCc1cc(OCc2cn3ccsc3n2)ccc1Br. The zero-order valence-corrected chi connectivity index (χ0v) is 13.8. The second kappa shape index (κ2) is 5.64. The number of halogens is 2. The van der Waals surface area contributed by atoms with Gasteiger partial charge in [-0.15, -0.1) is 11.3 Å². The first-order chi connectivity index (χ1) is 9.26. The molecule has 2 aromatic heterocycles. The number of rotatable bonds is 4. The van der Waals surface area contributed by atoms with Crippen LogP contribution in [0.15, 0.2) is 40.4 Å². The number of benzene rings is 1. The summed E-state index contributed by atoms with van der Waals surface area (Å²) in [5, 5.41) is 2.81. The van der Waals surface area contributed by atoms with Gasteiger partial charge in [-0.25, -0.2) is 4.98 Å². The molecule has 2 heterocycles. The molecule has 98 valence electrons. The second-order valence-corrected chi connectivity index (χ2v) is 6.29. The molecule has 0 atom stereocenters. The molecule has 0 saturated heterocycles. The van der Waals surface area contributed by atoms with Crippen LogP contribution >= 0.6 is 43.2 Å². The Morgan fingerprint density at radius 1 is 1.37 bits per heavy atom. The fourth-order valence-electron chi connectivity index (χ4n) is 1.75. The Labute approximate surface area is 131 Å². The number of fused-ring (bicyclic) bond motifs is 1. The summed E-state index contributed by atoms with van der Waals surface area (Å²) in [6.45, 7) is 0.484. The molecule has 3 aromatic rings. The number of alkyl halides is 1. The predicted molar refractivity (Wildman–Crippen MR) is 84.2 cm³/mol. The molecule has 0 amide bonds. The molecular formula is C13H10Br2N2OS. The van der Waals surface area contributed by atoms with Gasteiger partial charge < -0.3 is 4.74 Å². The van der Waals surface area contributed by atoms with Crippen LogP contribution in [0.5, 0.6) is 5.75 Å². The first-order valence-corrected chi connectivity index (χ1v) is 8.44. The number of thiazole rings is 1. The normalized spacial score (nSPS) is 11.1. The van der Waals surface area contributed by atoms with E-state index in [2.05, 4.69) is 36.8 Å². The van der Waals surface area contributed by atoms with Gasteiger partial charge in [-0.2, -0.15) is 0 Å². The Bertz CT molecular complexity index is 679. The van der Waals surface area contributed by atoms with Crippen LogP contribution in [-0.4, -0.2) is 9.38 Å². The molecular weight excluding hydrogens is 392 g/mol. The summed E-state index contributed by atoms with van der Waals surface area (Å²) < 4.78 is 8.87. The molecule has 19 heavy (non-hydrogen) atoms. The van der Waals surface area contributed by atoms with Crippen molar-refractivity contribution in [1.29, 1.82) is 0 Å². The van der Waals surface area contributed by atoms with E-state index >= 15 is 0 Å². The topological polar surface area (TPSA) is 26.5 Å². The fraction of sp³-hybridized carbons (Fsp3) is 0.154. The molecule has 3 rings (SSSR count). The van der Waals surface area contributed by atoms with Crippen molar-refractivity contribution in [1.82, 2.24) is 9.38 Å². The fourth-order valence-corrected chi connectivity index (χ4v) is 3.69. The molecule has 6 heteroatoms. The Morgan fingerprint density at radius 3 is 3.05 bits per heavy atom. The lowest BCUT2D eigenvalue weighted by molar-refractivity contribution is 0.302. The number of imidazole rings is 1. The summed E-state index contributed by atoms with van der Waals surface area (Å²) in [6.07, 6.45) is 4.00. The summed E-state index contributed by atoms with van der Waals surface area (Å²) in [4.78, 5) is 5.48. The molecule has 0 spiro atoms. The summed E-state index contributed by atoms with van der Waals surface area (Å²) in [6, 6.07) is 5.98. The van der Waals surface area contributed by atoms with Crippen molar-refractivity contribution < 1.29 is 4.74 Å². The zero-order chi connectivity index (χ0) is 13.2. The molecule has 0 aliphatic heterocycles. The maximum atomic E-state index is 5.78. The van der Waals surface area contributed by atoms with Crippen molar-refractivity contribution in [2.24, 2.45) is 0 Å². The zero-order valence-electron chi connectivity index (χ0n) is 9.85. The number of hydrogen-bond donors (Lipinski definition) is 0. The lowest BCUT2D eigenvalue weighted by Gasteiger charge is -2.07. The van der Waals surface area contributed by atoms with Gasteiger partial charge in [0.25, 0.3) is 0 Å². The van der Waals surface area contributed by atoms with E-state index in [1.54, 1.807) is 11.3 Å². The van der Waals surface area contributed by atoms with E-state index in [1.807, 2.05) is 40.4 Å². The van der Waals surface area contributed by atoms with Gasteiger partial charge >= 0.3 is 0 Å². The van der Waals surface area contributed by atoms with Crippen molar-refractivity contribution in [2.75, 3.05) is 0 Å². The van der Waals surface area contributed by atoms with Crippen molar-refractivity contribution in [3.05, 3.63) is 51.7 Å². The minimum Gasteiger partial charge on any atom is -0.487 e. The first-order valence-electron chi connectivity index (χ1n) is 5.64. The maximum absolute atomic E-state index is 5.78. The van der Waals surface area contributed by atoms with Crippen molar-refractivity contribution in [2.45, 2.75) is 11.9 Å². The summed E-state index contributed by atoms with van der Waals surface area (Å²) >= 11 is 8.58. The second-order valence-electron chi connectivity index (χ2n) is 4.00. The Hall–Kier alpha value is -0.850. The molecule has 0 aliphatic carbocycles. The van der Waals surface area contributed by atoms with E-state index in [1.165, 1.54) is 5.56 Å². The lowest BCUT2D eigenvalue weighted by Crippen LogP contribution is -1.96. The lowest BCUT2D eigenvalue weighted by atomic mass is 10.2. The van der Waals surface area contributed by atoms with E-state index in [0.29, 0.717) is 6.61 Å². The average Bonchev–Trinajstić information content (AvgIpc) is 2.98. The Balaban J connectivity index is 1.73. The monoisotopic (exact) mass is 400 g/mol. The van der Waals surface area contributed by atoms with E-state index in [-0.39, 0.29) is 0 Å². The summed E-state index contributed by atoms with van der Waals surface area (Å²) in [5.74, 6) is 0.856. The van der Waals surface area contributed by atoms with Crippen LogP contribution < -0.4 is 4.74 Å². The van der Waals surface area contributed by atoms with Crippen LogP contribution in [0.2, 0.25) is 0 Å². The van der Waals surface area contributed by atoms with E-state index in [4.69, 9.17) is 4.74 Å². The maximum Gasteiger partial charge on any atom is 0.193 e. The van der Waals surface area contributed by atoms with Gasteiger partial charge in [0.2, 0.25) is 0 Å². The minimum atomic E-state index is 0.484. The number of aromatic nitrogens is 2. The molecule has 0 fully saturated rings. The van der Waals surface area contributed by atoms with Crippen molar-refractivity contribution >= 4 is 48.2 Å². The van der Waals surface area contributed by atoms with Crippen LogP contribution in [0, 0.1) is 0 Å². The standard InChI is InChI=1S/C13H10Br2N2OS/c14-6-9-5-11(1-2-12(9)15)18-8-10-7-17-3-4-19-13(17)16-10/h1-5,7H,6,8H2. The molecule has 0 unspecified atom stereocenters. The highest BCUT2D eigenvalue weighted by Gasteiger charge is 2.05. The van der Waals surface area contributed by atoms with Gasteiger partial charge in [0.1, 0.15) is 12.4 Å². The summed E-state index contributed by atoms with van der Waals surface area (Å²) in [5.41, 5.74) is 2.11. The van der Waals surface area contributed by atoms with Gasteiger partial charge in [0.15, 0.2) is 4.96 Å². The van der Waals surface area contributed by atoms with E-state index in [0.717, 1.165) is 26.2 Å². The van der Waals surface area contributed by atoms with Gasteiger partial charge in [-0.1, -0.05) is 31.9 Å². The van der Waals surface area contributed by atoms with Crippen LogP contribution in [0.25, 0.3) is 4.96 Å². The third kappa shape index (κ3) is 2.85. The van der Waals surface area contributed by atoms with Gasteiger partial charge in [-0.05, 0) is 23.8 Å². The van der Waals surface area contributed by atoms with Gasteiger partial charge in [0, 0.05) is 27.6 Å². The Morgan fingerprint density at radius 2 is 2.26 bits per heavy atom. The third-order valence-corrected chi connectivity index (χ3v) is 4.84. The molecule has 0 bridgehead atoms. The Kier molecular flexibility index (Phi) is 3.91. The summed E-state index contributed by atoms with van der Waals surface area (Å²) in [7, 11) is 0. The minimum absolute atomic E-state index is 0.484. The van der Waals surface area contributed by atoms with Crippen molar-refractivity contribution in [3.8, 4) is 5.75 Å². The van der Waals surface area contributed by atoms with Crippen LogP contribution in [0.4, 0.5) is 0 Å². The third-order valence-electron chi connectivity index (χ3n) is 2.69.